The third kappa shape index (κ3) is 3.71. The minimum atomic E-state index is -0.0928. The second kappa shape index (κ2) is 7.50. The maximum absolute atomic E-state index is 12.7. The van der Waals surface area contributed by atoms with Crippen LogP contribution in [0.4, 0.5) is 11.5 Å². The fourth-order valence-corrected chi connectivity index (χ4v) is 4.46. The predicted octanol–water partition coefficient (Wildman–Crippen LogP) is 2.81. The van der Waals surface area contributed by atoms with E-state index in [1.807, 2.05) is 35.4 Å². The van der Waals surface area contributed by atoms with Crippen LogP contribution in [0.3, 0.4) is 0 Å². The second-order valence-corrected chi connectivity index (χ2v) is 8.27. The molecule has 1 saturated heterocycles. The molecule has 1 aromatic heterocycles. The number of piperazine rings is 1. The van der Waals surface area contributed by atoms with Crippen molar-refractivity contribution in [2.24, 2.45) is 5.92 Å². The monoisotopic (exact) mass is 390 g/mol. The van der Waals surface area contributed by atoms with Gasteiger partial charge in [-0.25, -0.2) is 4.98 Å². The first kappa shape index (κ1) is 18.2. The number of pyridine rings is 1. The molecular formula is C23H26N4O2. The third-order valence-corrected chi connectivity index (χ3v) is 6.33. The molecule has 29 heavy (non-hydrogen) atoms. The number of carbonyl (C=O) groups is 2. The van der Waals surface area contributed by atoms with Gasteiger partial charge in [0.05, 0.1) is 17.8 Å². The summed E-state index contributed by atoms with van der Waals surface area (Å²) >= 11 is 0. The lowest BCUT2D eigenvalue weighted by atomic mass is 10.0. The van der Waals surface area contributed by atoms with Gasteiger partial charge in [-0.3, -0.25) is 9.59 Å². The zero-order valence-corrected chi connectivity index (χ0v) is 16.5. The summed E-state index contributed by atoms with van der Waals surface area (Å²) in [5, 5.41) is 2.97. The molecule has 1 N–H and O–H groups in total. The van der Waals surface area contributed by atoms with Crippen molar-refractivity contribution in [2.45, 2.75) is 31.6 Å². The molecule has 1 saturated carbocycles. The Morgan fingerprint density at radius 3 is 2.48 bits per heavy atom. The summed E-state index contributed by atoms with van der Waals surface area (Å²) in [5.74, 6) is 1.13. The zero-order valence-electron chi connectivity index (χ0n) is 16.5. The molecule has 6 heteroatoms. The Labute approximate surface area is 170 Å². The maximum atomic E-state index is 12.7. The van der Waals surface area contributed by atoms with Gasteiger partial charge in [0.15, 0.2) is 0 Å². The first-order valence-corrected chi connectivity index (χ1v) is 10.6. The first-order valence-electron chi connectivity index (χ1n) is 10.6. The fraction of sp³-hybridized carbons (Fsp3) is 0.435. The number of aryl methyl sites for hydroxylation is 1. The van der Waals surface area contributed by atoms with Crippen LogP contribution in [0.5, 0.6) is 0 Å². The second-order valence-electron chi connectivity index (χ2n) is 8.27. The van der Waals surface area contributed by atoms with Gasteiger partial charge in [0, 0.05) is 32.1 Å². The molecule has 150 valence electrons. The molecule has 3 aliphatic rings. The Kier molecular flexibility index (Phi) is 4.70. The van der Waals surface area contributed by atoms with Crippen LogP contribution in [0.15, 0.2) is 42.6 Å². The lowest BCUT2D eigenvalue weighted by Gasteiger charge is -2.36. The van der Waals surface area contributed by atoms with E-state index in [9.17, 15) is 9.59 Å². The van der Waals surface area contributed by atoms with Crippen LogP contribution in [-0.2, 0) is 16.0 Å². The van der Waals surface area contributed by atoms with Crippen LogP contribution in [0, 0.1) is 5.92 Å². The average molecular weight is 390 g/mol. The summed E-state index contributed by atoms with van der Waals surface area (Å²) in [6, 6.07) is 12.1. The zero-order chi connectivity index (χ0) is 19.8. The van der Waals surface area contributed by atoms with E-state index in [1.165, 1.54) is 5.56 Å². The predicted molar refractivity (Wildman–Crippen MR) is 112 cm³/mol. The molecule has 2 aromatic rings. The van der Waals surface area contributed by atoms with Crippen LogP contribution in [0.25, 0.3) is 0 Å². The molecule has 5 rings (SSSR count). The van der Waals surface area contributed by atoms with Crippen LogP contribution in [0.1, 0.15) is 36.3 Å². The van der Waals surface area contributed by atoms with Crippen molar-refractivity contribution < 1.29 is 9.59 Å². The first-order chi connectivity index (χ1) is 14.2. The molecule has 2 amide bonds. The summed E-state index contributed by atoms with van der Waals surface area (Å²) in [7, 11) is 0. The van der Waals surface area contributed by atoms with Gasteiger partial charge in [-0.15, -0.1) is 0 Å². The number of fused-ring (bicyclic) bond motifs is 1. The van der Waals surface area contributed by atoms with E-state index in [0.29, 0.717) is 11.7 Å². The molecule has 1 atom stereocenters. The number of nitrogens with zero attached hydrogens (tertiary/aromatic N) is 3. The highest BCUT2D eigenvalue weighted by Gasteiger charge is 2.34. The quantitative estimate of drug-likeness (QED) is 0.872. The van der Waals surface area contributed by atoms with Gasteiger partial charge < -0.3 is 15.1 Å². The third-order valence-electron chi connectivity index (χ3n) is 6.33. The number of rotatable bonds is 4. The number of hydrogen-bond acceptors (Lipinski definition) is 4. The summed E-state index contributed by atoms with van der Waals surface area (Å²) < 4.78 is 0. The molecule has 2 fully saturated rings. The number of amides is 2. The van der Waals surface area contributed by atoms with Gasteiger partial charge in [0.1, 0.15) is 5.82 Å². The number of anilines is 2. The SMILES string of the molecule is O=C(Nc1ccc(N2CCN(C(=O)C3CC3)CC2)cn1)C1CCc2ccccc21. The van der Waals surface area contributed by atoms with Crippen molar-refractivity contribution in [3.63, 3.8) is 0 Å². The maximum Gasteiger partial charge on any atom is 0.233 e. The number of nitrogens with one attached hydrogen (secondary N) is 1. The Balaban J connectivity index is 1.18. The summed E-state index contributed by atoms with van der Waals surface area (Å²) in [6.45, 7) is 3.19. The van der Waals surface area contributed by atoms with E-state index in [-0.39, 0.29) is 17.7 Å². The van der Waals surface area contributed by atoms with Gasteiger partial charge >= 0.3 is 0 Å². The van der Waals surface area contributed by atoms with Crippen LogP contribution in [0.2, 0.25) is 0 Å². The van der Waals surface area contributed by atoms with Crippen molar-refractivity contribution in [3.8, 4) is 0 Å². The van der Waals surface area contributed by atoms with E-state index in [2.05, 4.69) is 27.3 Å². The van der Waals surface area contributed by atoms with Crippen molar-refractivity contribution in [2.75, 3.05) is 36.4 Å². The van der Waals surface area contributed by atoms with Gasteiger partial charge in [0.25, 0.3) is 0 Å². The summed E-state index contributed by atoms with van der Waals surface area (Å²) in [4.78, 5) is 33.6. The normalized spacial score (nSPS) is 21.0. The van der Waals surface area contributed by atoms with Gasteiger partial charge in [-0.1, -0.05) is 24.3 Å². The largest absolute Gasteiger partial charge is 0.367 e. The minimum Gasteiger partial charge on any atom is -0.367 e. The number of benzene rings is 1. The van der Waals surface area contributed by atoms with Crippen LogP contribution in [-0.4, -0.2) is 47.9 Å². The van der Waals surface area contributed by atoms with Crippen molar-refractivity contribution >= 4 is 23.3 Å². The van der Waals surface area contributed by atoms with Crippen molar-refractivity contribution in [3.05, 3.63) is 53.7 Å². The Morgan fingerprint density at radius 1 is 0.966 bits per heavy atom. The number of hydrogen-bond donors (Lipinski definition) is 1. The minimum absolute atomic E-state index is 0.0161. The standard InChI is InChI=1S/C23H26N4O2/c28-22(20-9-7-16-3-1-2-4-19(16)20)25-21-10-8-18(15-24-21)26-11-13-27(14-12-26)23(29)17-5-6-17/h1-4,8,10,15,17,20H,5-7,9,11-14H2,(H,24,25,28). The Hall–Kier alpha value is -2.89. The van der Waals surface area contributed by atoms with Crippen LogP contribution < -0.4 is 10.2 Å². The van der Waals surface area contributed by atoms with Gasteiger partial charge in [-0.05, 0) is 48.9 Å². The van der Waals surface area contributed by atoms with Crippen molar-refractivity contribution in [1.29, 1.82) is 0 Å². The lowest BCUT2D eigenvalue weighted by molar-refractivity contribution is -0.132. The highest BCUT2D eigenvalue weighted by atomic mass is 16.2. The number of carbonyl (C=O) groups excluding carboxylic acids is 2. The molecule has 0 radical (unpaired) electrons. The highest BCUT2D eigenvalue weighted by Crippen LogP contribution is 2.34. The van der Waals surface area contributed by atoms with E-state index >= 15 is 0 Å². The molecule has 1 unspecified atom stereocenters. The molecule has 0 bridgehead atoms. The molecule has 1 aromatic carbocycles. The fourth-order valence-electron chi connectivity index (χ4n) is 4.46. The van der Waals surface area contributed by atoms with Crippen LogP contribution >= 0.6 is 0 Å². The van der Waals surface area contributed by atoms with E-state index in [4.69, 9.17) is 0 Å². The summed E-state index contributed by atoms with van der Waals surface area (Å²) in [5.41, 5.74) is 3.45. The molecular weight excluding hydrogens is 364 g/mol. The van der Waals surface area contributed by atoms with E-state index in [1.54, 1.807) is 0 Å². The van der Waals surface area contributed by atoms with E-state index < -0.39 is 0 Å². The smallest absolute Gasteiger partial charge is 0.233 e. The number of aromatic nitrogens is 1. The van der Waals surface area contributed by atoms with Gasteiger partial charge in [0.2, 0.25) is 11.8 Å². The molecule has 1 aliphatic heterocycles. The molecule has 2 aliphatic carbocycles. The topological polar surface area (TPSA) is 65.5 Å². The summed E-state index contributed by atoms with van der Waals surface area (Å²) in [6.07, 6.45) is 5.74. The average Bonchev–Trinajstić information content (AvgIpc) is 3.52. The Bertz CT molecular complexity index is 915. The van der Waals surface area contributed by atoms with E-state index in [0.717, 1.165) is 63.1 Å². The molecule has 0 spiro atoms. The van der Waals surface area contributed by atoms with Gasteiger partial charge in [-0.2, -0.15) is 0 Å². The molecule has 6 nitrogen and oxygen atoms in total. The molecule has 2 heterocycles. The Morgan fingerprint density at radius 2 is 1.76 bits per heavy atom. The highest BCUT2D eigenvalue weighted by molar-refractivity contribution is 5.96. The lowest BCUT2D eigenvalue weighted by Crippen LogP contribution is -2.49. The van der Waals surface area contributed by atoms with Crippen molar-refractivity contribution in [1.82, 2.24) is 9.88 Å².